The van der Waals surface area contributed by atoms with Gasteiger partial charge in [-0.15, -0.1) is 0 Å². The van der Waals surface area contributed by atoms with Crippen LogP contribution in [0.1, 0.15) is 37.2 Å². The molecule has 1 fully saturated rings. The fourth-order valence-corrected chi connectivity index (χ4v) is 2.22. The average molecular weight is 264 g/mol. The molecular formula is C15H20O4. The van der Waals surface area contributed by atoms with Gasteiger partial charge in [-0.25, -0.2) is 4.79 Å². The lowest BCUT2D eigenvalue weighted by atomic mass is 9.82. The smallest absolute Gasteiger partial charge is 0.327 e. The van der Waals surface area contributed by atoms with Crippen molar-refractivity contribution < 1.29 is 20.1 Å². The molecule has 19 heavy (non-hydrogen) atoms. The molecular weight excluding hydrogens is 244 g/mol. The van der Waals surface area contributed by atoms with Gasteiger partial charge in [0.1, 0.15) is 5.75 Å². The molecule has 0 spiro atoms. The van der Waals surface area contributed by atoms with Crippen molar-refractivity contribution in [1.82, 2.24) is 0 Å². The molecule has 0 radical (unpaired) electrons. The van der Waals surface area contributed by atoms with Gasteiger partial charge in [0.25, 0.3) is 0 Å². The van der Waals surface area contributed by atoms with E-state index in [4.69, 9.17) is 5.11 Å². The van der Waals surface area contributed by atoms with Gasteiger partial charge in [-0.05, 0) is 43.2 Å². The van der Waals surface area contributed by atoms with Crippen molar-refractivity contribution in [1.29, 1.82) is 0 Å². The van der Waals surface area contributed by atoms with Crippen LogP contribution in [-0.2, 0) is 4.79 Å². The number of phenols is 1. The van der Waals surface area contributed by atoms with Gasteiger partial charge in [0, 0.05) is 6.08 Å². The molecule has 0 atom stereocenters. The number of rotatable bonds is 2. The Bertz CT molecular complexity index is 420. The quantitative estimate of drug-likeness (QED) is 0.718. The number of phenolic OH excluding ortho intramolecular Hbond substituents is 1. The molecule has 0 amide bonds. The summed E-state index contributed by atoms with van der Waals surface area (Å²) in [7, 11) is 0. The van der Waals surface area contributed by atoms with Crippen LogP contribution >= 0.6 is 0 Å². The summed E-state index contributed by atoms with van der Waals surface area (Å²) in [6.45, 7) is 2.96. The summed E-state index contributed by atoms with van der Waals surface area (Å²) in [4.78, 5) is 9.25. The fraction of sp³-hybridized carbons (Fsp3) is 0.400. The normalized spacial score (nSPS) is 21.9. The molecule has 104 valence electrons. The lowest BCUT2D eigenvalue weighted by molar-refractivity contribution is -0.131. The summed E-state index contributed by atoms with van der Waals surface area (Å²) < 4.78 is 0. The second-order valence-electron chi connectivity index (χ2n) is 4.61. The molecule has 3 N–H and O–H groups in total. The second-order valence-corrected chi connectivity index (χ2v) is 4.61. The van der Waals surface area contributed by atoms with E-state index in [2.05, 4.69) is 6.58 Å². The zero-order chi connectivity index (χ0) is 14.3. The third kappa shape index (κ3) is 5.14. The molecule has 0 aromatic heterocycles. The van der Waals surface area contributed by atoms with E-state index in [-0.39, 0.29) is 6.10 Å². The van der Waals surface area contributed by atoms with Crippen LogP contribution in [0.3, 0.4) is 0 Å². The number of aromatic hydroxyl groups is 1. The van der Waals surface area contributed by atoms with E-state index in [1.165, 1.54) is 0 Å². The highest BCUT2D eigenvalue weighted by Crippen LogP contribution is 2.36. The Labute approximate surface area is 113 Å². The molecule has 0 aliphatic heterocycles. The van der Waals surface area contributed by atoms with Crippen molar-refractivity contribution in [2.75, 3.05) is 0 Å². The van der Waals surface area contributed by atoms with Crippen LogP contribution in [0.5, 0.6) is 5.75 Å². The first kappa shape index (κ1) is 15.2. The Kier molecular flexibility index (Phi) is 6.09. The molecule has 1 aromatic carbocycles. The van der Waals surface area contributed by atoms with E-state index in [0.717, 1.165) is 37.3 Å². The number of para-hydroxylation sites is 1. The maximum Gasteiger partial charge on any atom is 0.327 e. The Balaban J connectivity index is 0.000000312. The van der Waals surface area contributed by atoms with Crippen LogP contribution < -0.4 is 0 Å². The van der Waals surface area contributed by atoms with E-state index in [9.17, 15) is 15.0 Å². The molecule has 0 unspecified atom stereocenters. The maximum absolute atomic E-state index is 9.67. The van der Waals surface area contributed by atoms with E-state index >= 15 is 0 Å². The molecule has 1 aliphatic carbocycles. The van der Waals surface area contributed by atoms with Crippen LogP contribution in [0.2, 0.25) is 0 Å². The van der Waals surface area contributed by atoms with Crippen molar-refractivity contribution >= 4 is 5.97 Å². The number of aliphatic carboxylic acids is 1. The summed E-state index contributed by atoms with van der Waals surface area (Å²) in [5, 5.41) is 26.7. The van der Waals surface area contributed by atoms with Crippen molar-refractivity contribution in [3.05, 3.63) is 42.5 Å². The SMILES string of the molecule is C=CC(=O)O.Oc1ccccc1C1CCC(O)CC1. The van der Waals surface area contributed by atoms with Crippen LogP contribution in [-0.4, -0.2) is 27.4 Å². The van der Waals surface area contributed by atoms with Crippen LogP contribution in [0, 0.1) is 0 Å². The van der Waals surface area contributed by atoms with E-state index in [1.54, 1.807) is 6.07 Å². The number of aliphatic hydroxyl groups is 1. The molecule has 0 heterocycles. The maximum atomic E-state index is 9.67. The molecule has 0 bridgehead atoms. The van der Waals surface area contributed by atoms with E-state index in [1.807, 2.05) is 18.2 Å². The summed E-state index contributed by atoms with van der Waals surface area (Å²) in [5.41, 5.74) is 1.04. The number of carboxylic acids is 1. The zero-order valence-corrected chi connectivity index (χ0v) is 10.8. The first-order chi connectivity index (χ1) is 9.04. The Morgan fingerprint density at radius 1 is 1.21 bits per heavy atom. The third-order valence-electron chi connectivity index (χ3n) is 3.25. The highest BCUT2D eigenvalue weighted by atomic mass is 16.4. The number of carbonyl (C=O) groups is 1. The van der Waals surface area contributed by atoms with Crippen molar-refractivity contribution in [3.63, 3.8) is 0 Å². The number of hydrogen-bond acceptors (Lipinski definition) is 3. The summed E-state index contributed by atoms with van der Waals surface area (Å²) in [6.07, 6.45) is 4.40. The van der Waals surface area contributed by atoms with E-state index < -0.39 is 5.97 Å². The van der Waals surface area contributed by atoms with Gasteiger partial charge < -0.3 is 15.3 Å². The number of hydrogen-bond donors (Lipinski definition) is 3. The van der Waals surface area contributed by atoms with Gasteiger partial charge in [0.2, 0.25) is 0 Å². The van der Waals surface area contributed by atoms with Gasteiger partial charge in [-0.2, -0.15) is 0 Å². The lowest BCUT2D eigenvalue weighted by Crippen LogP contribution is -2.16. The standard InChI is InChI=1S/C12H16O2.C3H4O2/c13-10-7-5-9(6-8-10)11-3-1-2-4-12(11)14;1-2-3(4)5/h1-4,9-10,13-14H,5-8H2;2H,1H2,(H,4,5). The average Bonchev–Trinajstić information content (AvgIpc) is 2.41. The second kappa shape index (κ2) is 7.59. The molecule has 4 heteroatoms. The predicted octanol–water partition coefficient (Wildman–Crippen LogP) is 2.67. The Morgan fingerprint density at radius 2 is 1.74 bits per heavy atom. The Hall–Kier alpha value is -1.81. The largest absolute Gasteiger partial charge is 0.508 e. The van der Waals surface area contributed by atoms with Crippen LogP contribution in [0.15, 0.2) is 36.9 Å². The summed E-state index contributed by atoms with van der Waals surface area (Å²) in [5.74, 6) is -0.154. The highest BCUT2D eigenvalue weighted by molar-refractivity contribution is 5.78. The summed E-state index contributed by atoms with van der Waals surface area (Å²) >= 11 is 0. The molecule has 1 saturated carbocycles. The van der Waals surface area contributed by atoms with Gasteiger partial charge in [-0.1, -0.05) is 24.8 Å². The molecule has 1 aromatic rings. The highest BCUT2D eigenvalue weighted by Gasteiger charge is 2.22. The fourth-order valence-electron chi connectivity index (χ4n) is 2.22. The third-order valence-corrected chi connectivity index (χ3v) is 3.25. The minimum atomic E-state index is -0.981. The summed E-state index contributed by atoms with van der Waals surface area (Å²) in [6, 6.07) is 7.52. The Morgan fingerprint density at radius 3 is 2.21 bits per heavy atom. The molecule has 1 aliphatic rings. The van der Waals surface area contributed by atoms with Gasteiger partial charge in [0.05, 0.1) is 6.10 Å². The number of aliphatic hydroxyl groups excluding tert-OH is 1. The van der Waals surface area contributed by atoms with Crippen LogP contribution in [0.25, 0.3) is 0 Å². The molecule has 4 nitrogen and oxygen atoms in total. The monoisotopic (exact) mass is 264 g/mol. The first-order valence-corrected chi connectivity index (χ1v) is 6.36. The number of carboxylic acid groups (broad SMARTS) is 1. The predicted molar refractivity (Wildman–Crippen MR) is 73.2 cm³/mol. The van der Waals surface area contributed by atoms with Crippen LogP contribution in [0.4, 0.5) is 0 Å². The number of benzene rings is 1. The minimum absolute atomic E-state index is 0.128. The lowest BCUT2D eigenvalue weighted by Gasteiger charge is -2.26. The minimum Gasteiger partial charge on any atom is -0.508 e. The first-order valence-electron chi connectivity index (χ1n) is 6.36. The van der Waals surface area contributed by atoms with Crippen molar-refractivity contribution in [2.45, 2.75) is 37.7 Å². The topological polar surface area (TPSA) is 77.8 Å². The van der Waals surface area contributed by atoms with E-state index in [0.29, 0.717) is 11.7 Å². The zero-order valence-electron chi connectivity index (χ0n) is 10.8. The molecule has 2 rings (SSSR count). The van der Waals surface area contributed by atoms with Gasteiger partial charge >= 0.3 is 5.97 Å². The van der Waals surface area contributed by atoms with Gasteiger partial charge in [-0.3, -0.25) is 0 Å². The van der Waals surface area contributed by atoms with Crippen molar-refractivity contribution in [2.24, 2.45) is 0 Å². The van der Waals surface area contributed by atoms with Crippen molar-refractivity contribution in [3.8, 4) is 5.75 Å². The molecule has 0 saturated heterocycles. The van der Waals surface area contributed by atoms with Gasteiger partial charge in [0.15, 0.2) is 0 Å².